The first-order valence-corrected chi connectivity index (χ1v) is 15.7. The molecule has 0 bridgehead atoms. The van der Waals surface area contributed by atoms with Crippen LogP contribution >= 0.6 is 23.9 Å². The zero-order valence-electron chi connectivity index (χ0n) is 23.4. The van der Waals surface area contributed by atoms with Gasteiger partial charge in [-0.1, -0.05) is 14.8 Å². The number of anilines is 5. The van der Waals surface area contributed by atoms with E-state index >= 15 is 0 Å². The van der Waals surface area contributed by atoms with E-state index in [2.05, 4.69) is 98.8 Å². The maximum atomic E-state index is 5.66. The van der Waals surface area contributed by atoms with Gasteiger partial charge in [-0.2, -0.15) is 9.97 Å². The second-order valence-corrected chi connectivity index (χ2v) is 12.6. The number of pyridine rings is 1. The molecule has 0 fully saturated rings. The maximum absolute atomic E-state index is 5.66. The molecular formula is C27H35BrN9OP. The van der Waals surface area contributed by atoms with Crippen LogP contribution in [-0.2, 0) is 6.42 Å². The Labute approximate surface area is 239 Å². The molecule has 0 unspecified atom stereocenters. The zero-order chi connectivity index (χ0) is 28.1. The van der Waals surface area contributed by atoms with Crippen LogP contribution in [0.1, 0.15) is 12.5 Å². The second kappa shape index (κ2) is 12.8. The molecule has 0 saturated carbocycles. The Bertz CT molecular complexity index is 1450. The second-order valence-electron chi connectivity index (χ2n) is 9.53. The lowest BCUT2D eigenvalue weighted by molar-refractivity contribution is 0.398. The third-order valence-corrected chi connectivity index (χ3v) is 8.09. The lowest BCUT2D eigenvalue weighted by Gasteiger charge is -2.24. The molecule has 4 aromatic rings. The van der Waals surface area contributed by atoms with Crippen LogP contribution in [-0.4, -0.2) is 84.5 Å². The topological polar surface area (TPSA) is 104 Å². The minimum Gasteiger partial charge on any atom is -0.479 e. The molecule has 1 aromatic carbocycles. The monoisotopic (exact) mass is 611 g/mol. The summed E-state index contributed by atoms with van der Waals surface area (Å²) in [5.41, 5.74) is 4.54. The number of benzene rings is 1. The summed E-state index contributed by atoms with van der Waals surface area (Å²) in [6.07, 6.45) is 6.00. The van der Waals surface area contributed by atoms with Gasteiger partial charge in [0.1, 0.15) is 17.3 Å². The van der Waals surface area contributed by atoms with Crippen LogP contribution in [0.4, 0.5) is 29.0 Å². The number of aryl methyl sites for hydroxylation is 1. The van der Waals surface area contributed by atoms with Gasteiger partial charge in [0.2, 0.25) is 11.8 Å². The fourth-order valence-electron chi connectivity index (χ4n) is 4.16. The Balaban J connectivity index is 1.65. The summed E-state index contributed by atoms with van der Waals surface area (Å²) >= 11 is 3.60. The molecule has 3 heterocycles. The van der Waals surface area contributed by atoms with Crippen molar-refractivity contribution in [2.45, 2.75) is 13.3 Å². The van der Waals surface area contributed by atoms with Crippen molar-refractivity contribution in [2.75, 3.05) is 70.2 Å². The van der Waals surface area contributed by atoms with E-state index in [1.54, 1.807) is 25.7 Å². The van der Waals surface area contributed by atoms with E-state index in [0.29, 0.717) is 23.3 Å². The van der Waals surface area contributed by atoms with Crippen molar-refractivity contribution in [1.29, 1.82) is 0 Å². The summed E-state index contributed by atoms with van der Waals surface area (Å²) < 4.78 is 6.41. The summed E-state index contributed by atoms with van der Waals surface area (Å²) in [5.74, 6) is 2.45. The standard InChI is InChI=1S/C27H35BrN9OP/c1-8-17-15-21(26(38-5)35-25(17)37(4)14-13-36(2)3)33-27-31-16-18(28)24(34-27)32-20-10-9-19-22(23(20)39(6)7)30-12-11-29-19/h9-12,15-16H,8,13-14H2,1-7H3,(H2,31,32,33,34). The molecule has 39 heavy (non-hydrogen) atoms. The molecule has 0 aliphatic heterocycles. The average Bonchev–Trinajstić information content (AvgIpc) is 2.92. The summed E-state index contributed by atoms with van der Waals surface area (Å²) in [6, 6.07) is 6.07. The Morgan fingerprint density at radius 3 is 2.44 bits per heavy atom. The van der Waals surface area contributed by atoms with E-state index in [1.807, 2.05) is 12.1 Å². The molecule has 0 spiro atoms. The van der Waals surface area contributed by atoms with Gasteiger partial charge in [0.25, 0.3) is 0 Å². The molecule has 10 nitrogen and oxygen atoms in total. The number of aromatic nitrogens is 5. The number of ether oxygens (including phenoxy) is 1. The van der Waals surface area contributed by atoms with Crippen molar-refractivity contribution in [3.8, 4) is 5.88 Å². The van der Waals surface area contributed by atoms with E-state index in [-0.39, 0.29) is 0 Å². The zero-order valence-corrected chi connectivity index (χ0v) is 25.9. The quantitative estimate of drug-likeness (QED) is 0.225. The molecule has 4 rings (SSSR count). The van der Waals surface area contributed by atoms with Crippen LogP contribution in [0, 0.1) is 0 Å². The fraction of sp³-hybridized carbons (Fsp3) is 0.370. The molecule has 206 valence electrons. The Morgan fingerprint density at radius 1 is 0.974 bits per heavy atom. The normalized spacial score (nSPS) is 11.3. The van der Waals surface area contributed by atoms with Crippen LogP contribution in [0.5, 0.6) is 5.88 Å². The third kappa shape index (κ3) is 6.72. The largest absolute Gasteiger partial charge is 0.479 e. The van der Waals surface area contributed by atoms with E-state index in [0.717, 1.165) is 57.4 Å². The van der Waals surface area contributed by atoms with Gasteiger partial charge >= 0.3 is 0 Å². The summed E-state index contributed by atoms with van der Waals surface area (Å²) in [6.45, 7) is 8.32. The molecule has 0 atom stereocenters. The molecule has 3 aromatic heterocycles. The van der Waals surface area contributed by atoms with Crippen LogP contribution in [0.15, 0.2) is 41.3 Å². The van der Waals surface area contributed by atoms with Crippen molar-refractivity contribution in [1.82, 2.24) is 29.8 Å². The number of nitrogens with one attached hydrogen (secondary N) is 2. The van der Waals surface area contributed by atoms with E-state index in [4.69, 9.17) is 14.7 Å². The molecule has 0 radical (unpaired) electrons. The van der Waals surface area contributed by atoms with Crippen LogP contribution in [0.25, 0.3) is 11.0 Å². The van der Waals surface area contributed by atoms with E-state index in [9.17, 15) is 0 Å². The molecule has 12 heteroatoms. The number of methoxy groups -OCH3 is 1. The van der Waals surface area contributed by atoms with Gasteiger partial charge in [-0.3, -0.25) is 9.97 Å². The number of likely N-dealkylation sites (N-methyl/N-ethyl adjacent to an activating group) is 2. The van der Waals surface area contributed by atoms with Gasteiger partial charge in [0.15, 0.2) is 0 Å². The minimum absolute atomic E-state index is 0.425. The van der Waals surface area contributed by atoms with Crippen LogP contribution in [0.2, 0.25) is 0 Å². The average molecular weight is 613 g/mol. The summed E-state index contributed by atoms with van der Waals surface area (Å²) in [7, 11) is 7.34. The molecule has 0 saturated heterocycles. The number of nitrogens with zero attached hydrogens (tertiary/aromatic N) is 7. The lowest BCUT2D eigenvalue weighted by atomic mass is 10.1. The SMILES string of the molecule is CCc1cc(Nc2ncc(Br)c(Nc3ccc4nccnc4c3P(C)C)n2)c(OC)nc1N(C)CCN(C)C. The highest BCUT2D eigenvalue weighted by molar-refractivity contribution is 9.10. The summed E-state index contributed by atoms with van der Waals surface area (Å²) in [5, 5.41) is 7.95. The molecule has 0 aliphatic rings. The van der Waals surface area contributed by atoms with Gasteiger partial charge in [0.05, 0.1) is 22.6 Å². The highest BCUT2D eigenvalue weighted by Gasteiger charge is 2.18. The first-order chi connectivity index (χ1) is 18.7. The summed E-state index contributed by atoms with van der Waals surface area (Å²) in [4.78, 5) is 27.5. The van der Waals surface area contributed by atoms with Crippen molar-refractivity contribution in [3.05, 3.63) is 46.8 Å². The first kappa shape index (κ1) is 28.9. The van der Waals surface area contributed by atoms with Gasteiger partial charge in [-0.05, 0) is 73.5 Å². The highest BCUT2D eigenvalue weighted by atomic mass is 79.9. The smallest absolute Gasteiger partial charge is 0.239 e. The molecule has 2 N–H and O–H groups in total. The number of rotatable bonds is 11. The van der Waals surface area contributed by atoms with E-state index < -0.39 is 7.92 Å². The number of hydrogen-bond acceptors (Lipinski definition) is 10. The number of fused-ring (bicyclic) bond motifs is 1. The van der Waals surface area contributed by atoms with Gasteiger partial charge < -0.3 is 25.2 Å². The van der Waals surface area contributed by atoms with Crippen LogP contribution in [0.3, 0.4) is 0 Å². The highest BCUT2D eigenvalue weighted by Crippen LogP contribution is 2.35. The van der Waals surface area contributed by atoms with Crippen molar-refractivity contribution >= 4 is 69.1 Å². The van der Waals surface area contributed by atoms with Crippen molar-refractivity contribution in [3.63, 3.8) is 0 Å². The predicted octanol–water partition coefficient (Wildman–Crippen LogP) is 5.00. The van der Waals surface area contributed by atoms with Gasteiger partial charge in [-0.15, -0.1) is 0 Å². The molecular weight excluding hydrogens is 577 g/mol. The van der Waals surface area contributed by atoms with Crippen molar-refractivity contribution in [2.24, 2.45) is 0 Å². The Hall–Kier alpha value is -3.14. The third-order valence-electron chi connectivity index (χ3n) is 6.17. The fourth-order valence-corrected chi connectivity index (χ4v) is 5.66. The van der Waals surface area contributed by atoms with Crippen LogP contribution < -0.4 is 25.6 Å². The van der Waals surface area contributed by atoms with Gasteiger partial charge in [0, 0.05) is 49.7 Å². The Morgan fingerprint density at radius 2 is 1.74 bits per heavy atom. The van der Waals surface area contributed by atoms with Gasteiger partial charge in [-0.25, -0.2) is 4.98 Å². The van der Waals surface area contributed by atoms with E-state index in [1.165, 1.54) is 0 Å². The van der Waals surface area contributed by atoms with Crippen molar-refractivity contribution < 1.29 is 4.74 Å². The predicted molar refractivity (Wildman–Crippen MR) is 166 cm³/mol. The maximum Gasteiger partial charge on any atom is 0.239 e. The first-order valence-electron chi connectivity index (χ1n) is 12.6. The minimum atomic E-state index is -0.468. The lowest BCUT2D eigenvalue weighted by Crippen LogP contribution is -2.29. The number of hydrogen-bond donors (Lipinski definition) is 2. The number of halogens is 1. The Kier molecular flexibility index (Phi) is 9.48. The molecule has 0 aliphatic carbocycles. The molecule has 0 amide bonds.